The zero-order valence-corrected chi connectivity index (χ0v) is 17.4. The fraction of sp³-hybridized carbons (Fsp3) is 0.381. The Morgan fingerprint density at radius 3 is 2.97 bits per heavy atom. The van der Waals surface area contributed by atoms with Gasteiger partial charge in [-0.3, -0.25) is 4.79 Å². The van der Waals surface area contributed by atoms with Crippen LogP contribution in [0.25, 0.3) is 5.13 Å². The Hall–Kier alpha value is -2.71. The molecule has 1 fully saturated rings. The number of anilines is 1. The number of nitrogens with zero attached hydrogens (tertiary/aromatic N) is 3. The van der Waals surface area contributed by atoms with E-state index in [2.05, 4.69) is 15.4 Å². The summed E-state index contributed by atoms with van der Waals surface area (Å²) in [6.45, 7) is 5.16. The van der Waals surface area contributed by atoms with Crippen LogP contribution in [-0.4, -0.2) is 40.0 Å². The number of aryl methyl sites for hydroxylation is 2. The Balaban J connectivity index is 1.44. The Kier molecular flexibility index (Phi) is 5.92. The number of nitrogens with one attached hydrogen (secondary N) is 1. The molecule has 1 unspecified atom stereocenters. The van der Waals surface area contributed by atoms with Crippen molar-refractivity contribution in [3.05, 3.63) is 52.8 Å². The molecule has 8 heteroatoms. The van der Waals surface area contributed by atoms with E-state index < -0.39 is 0 Å². The molecule has 0 spiro atoms. The average Bonchev–Trinajstić information content (AvgIpc) is 3.34. The predicted octanol–water partition coefficient (Wildman–Crippen LogP) is 4.15. The molecule has 1 atom stereocenters. The molecule has 3 aromatic rings. The summed E-state index contributed by atoms with van der Waals surface area (Å²) in [4.78, 5) is 17.2. The first-order valence-electron chi connectivity index (χ1n) is 9.74. The molecular weight excluding hydrogens is 388 g/mol. The minimum absolute atomic E-state index is 0.106. The van der Waals surface area contributed by atoms with E-state index in [1.54, 1.807) is 10.1 Å². The first-order valence-corrected chi connectivity index (χ1v) is 10.6. The average molecular weight is 413 g/mol. The Morgan fingerprint density at radius 2 is 2.21 bits per heavy atom. The highest BCUT2D eigenvalue weighted by Crippen LogP contribution is 2.26. The number of thiazole rings is 1. The van der Waals surface area contributed by atoms with Crippen molar-refractivity contribution in [3.63, 3.8) is 0 Å². The van der Waals surface area contributed by atoms with E-state index >= 15 is 0 Å². The molecule has 0 saturated carbocycles. The molecule has 0 aliphatic carbocycles. The summed E-state index contributed by atoms with van der Waals surface area (Å²) in [5.41, 5.74) is 2.86. The standard InChI is InChI=1S/C21H24N4O3S/c1-14-11-15(2)25(24-14)21-23-18(13-29-21)20(26)22-17-8-3-4-9-19(17)28-12-16-7-5-6-10-27-16/h3-4,8-9,11,13,16H,5-7,10,12H2,1-2H3,(H,22,26). The second kappa shape index (κ2) is 8.75. The SMILES string of the molecule is Cc1cc(C)n(-c2nc(C(=O)Nc3ccccc3OCC3CCCCO3)cs2)n1. The number of hydrogen-bond donors (Lipinski definition) is 1. The van der Waals surface area contributed by atoms with Gasteiger partial charge >= 0.3 is 0 Å². The van der Waals surface area contributed by atoms with Crippen molar-refractivity contribution in [3.8, 4) is 10.9 Å². The number of para-hydroxylation sites is 2. The monoisotopic (exact) mass is 412 g/mol. The van der Waals surface area contributed by atoms with Crippen LogP contribution < -0.4 is 10.1 Å². The lowest BCUT2D eigenvalue weighted by atomic mass is 10.1. The van der Waals surface area contributed by atoms with Crippen molar-refractivity contribution in [1.82, 2.24) is 14.8 Å². The molecule has 1 aliphatic rings. The topological polar surface area (TPSA) is 78.3 Å². The maximum absolute atomic E-state index is 12.7. The van der Waals surface area contributed by atoms with E-state index in [-0.39, 0.29) is 12.0 Å². The van der Waals surface area contributed by atoms with Gasteiger partial charge in [0.05, 0.1) is 17.5 Å². The fourth-order valence-electron chi connectivity index (χ4n) is 3.29. The van der Waals surface area contributed by atoms with E-state index in [1.807, 2.05) is 44.2 Å². The lowest BCUT2D eigenvalue weighted by molar-refractivity contribution is -0.0109. The van der Waals surface area contributed by atoms with E-state index in [4.69, 9.17) is 9.47 Å². The summed E-state index contributed by atoms with van der Waals surface area (Å²) < 4.78 is 13.4. The third-order valence-corrected chi connectivity index (χ3v) is 5.57. The molecule has 3 heterocycles. The van der Waals surface area contributed by atoms with Crippen molar-refractivity contribution >= 4 is 22.9 Å². The van der Waals surface area contributed by atoms with Crippen LogP contribution in [0.4, 0.5) is 5.69 Å². The zero-order chi connectivity index (χ0) is 20.2. The summed E-state index contributed by atoms with van der Waals surface area (Å²) in [7, 11) is 0. The highest BCUT2D eigenvalue weighted by molar-refractivity contribution is 7.12. The van der Waals surface area contributed by atoms with Crippen LogP contribution in [0.2, 0.25) is 0 Å². The number of benzene rings is 1. The largest absolute Gasteiger partial charge is 0.489 e. The van der Waals surface area contributed by atoms with E-state index in [9.17, 15) is 4.79 Å². The van der Waals surface area contributed by atoms with Crippen molar-refractivity contribution in [1.29, 1.82) is 0 Å². The maximum Gasteiger partial charge on any atom is 0.275 e. The summed E-state index contributed by atoms with van der Waals surface area (Å²) in [5.74, 6) is 0.350. The summed E-state index contributed by atoms with van der Waals surface area (Å²) in [6, 6.07) is 9.40. The Bertz CT molecular complexity index is 991. The van der Waals surface area contributed by atoms with Crippen molar-refractivity contribution in [2.45, 2.75) is 39.2 Å². The fourth-order valence-corrected chi connectivity index (χ4v) is 4.10. The molecule has 0 bridgehead atoms. The van der Waals surface area contributed by atoms with Gasteiger partial charge in [-0.1, -0.05) is 12.1 Å². The molecular formula is C21H24N4O3S. The van der Waals surface area contributed by atoms with Gasteiger partial charge in [0.15, 0.2) is 0 Å². The highest BCUT2D eigenvalue weighted by atomic mass is 32.1. The van der Waals surface area contributed by atoms with Gasteiger partial charge in [0.2, 0.25) is 5.13 Å². The van der Waals surface area contributed by atoms with Crippen LogP contribution in [-0.2, 0) is 4.74 Å². The van der Waals surface area contributed by atoms with E-state index in [1.165, 1.54) is 11.3 Å². The number of carbonyl (C=O) groups is 1. The van der Waals surface area contributed by atoms with Crippen LogP contribution in [0.5, 0.6) is 5.75 Å². The predicted molar refractivity (Wildman–Crippen MR) is 112 cm³/mol. The molecule has 2 aromatic heterocycles. The van der Waals surface area contributed by atoms with E-state index in [0.717, 1.165) is 37.3 Å². The smallest absolute Gasteiger partial charge is 0.275 e. The minimum atomic E-state index is -0.279. The second-order valence-electron chi connectivity index (χ2n) is 7.10. The molecule has 1 aromatic carbocycles. The van der Waals surface area contributed by atoms with Gasteiger partial charge in [-0.05, 0) is 51.3 Å². The third-order valence-electron chi connectivity index (χ3n) is 4.75. The van der Waals surface area contributed by atoms with Crippen LogP contribution in [0.1, 0.15) is 41.1 Å². The lowest BCUT2D eigenvalue weighted by Gasteiger charge is -2.23. The molecule has 29 heavy (non-hydrogen) atoms. The minimum Gasteiger partial charge on any atom is -0.489 e. The second-order valence-corrected chi connectivity index (χ2v) is 7.94. The molecule has 0 radical (unpaired) electrons. The molecule has 7 nitrogen and oxygen atoms in total. The number of carbonyl (C=O) groups excluding carboxylic acids is 1. The molecule has 1 saturated heterocycles. The number of hydrogen-bond acceptors (Lipinski definition) is 6. The van der Waals surface area contributed by atoms with Crippen molar-refractivity contribution in [2.75, 3.05) is 18.5 Å². The van der Waals surface area contributed by atoms with Crippen LogP contribution in [0.3, 0.4) is 0 Å². The molecule has 1 amide bonds. The summed E-state index contributed by atoms with van der Waals surface area (Å²) >= 11 is 1.38. The first kappa shape index (κ1) is 19.6. The number of aromatic nitrogens is 3. The van der Waals surface area contributed by atoms with Crippen LogP contribution >= 0.6 is 11.3 Å². The normalized spacial score (nSPS) is 16.6. The number of rotatable bonds is 6. The van der Waals surface area contributed by atoms with Gasteiger partial charge in [0, 0.05) is 17.7 Å². The molecule has 4 rings (SSSR count). The quantitative estimate of drug-likeness (QED) is 0.658. The van der Waals surface area contributed by atoms with Gasteiger partial charge in [-0.25, -0.2) is 9.67 Å². The van der Waals surface area contributed by atoms with E-state index in [0.29, 0.717) is 28.9 Å². The van der Waals surface area contributed by atoms with Crippen LogP contribution in [0, 0.1) is 13.8 Å². The first-order chi connectivity index (χ1) is 14.1. The van der Waals surface area contributed by atoms with Gasteiger partial charge in [0.25, 0.3) is 5.91 Å². The summed E-state index contributed by atoms with van der Waals surface area (Å²) in [6.07, 6.45) is 3.38. The van der Waals surface area contributed by atoms with Crippen LogP contribution in [0.15, 0.2) is 35.7 Å². The number of amides is 1. The van der Waals surface area contributed by atoms with Crippen molar-refractivity contribution in [2.24, 2.45) is 0 Å². The maximum atomic E-state index is 12.7. The Labute approximate surface area is 173 Å². The molecule has 1 N–H and O–H groups in total. The highest BCUT2D eigenvalue weighted by Gasteiger charge is 2.18. The van der Waals surface area contributed by atoms with Gasteiger partial charge in [-0.15, -0.1) is 11.3 Å². The third kappa shape index (κ3) is 4.65. The molecule has 1 aliphatic heterocycles. The Morgan fingerprint density at radius 1 is 1.34 bits per heavy atom. The lowest BCUT2D eigenvalue weighted by Crippen LogP contribution is -2.26. The molecule has 152 valence electrons. The van der Waals surface area contributed by atoms with Gasteiger partial charge in [-0.2, -0.15) is 5.10 Å². The van der Waals surface area contributed by atoms with Gasteiger partial charge in [0.1, 0.15) is 18.1 Å². The van der Waals surface area contributed by atoms with Crippen molar-refractivity contribution < 1.29 is 14.3 Å². The summed E-state index contributed by atoms with van der Waals surface area (Å²) in [5, 5.41) is 9.73. The van der Waals surface area contributed by atoms with Gasteiger partial charge < -0.3 is 14.8 Å². The zero-order valence-electron chi connectivity index (χ0n) is 16.6. The number of ether oxygens (including phenoxy) is 2.